The molecule has 0 bridgehead atoms. The van der Waals surface area contributed by atoms with Gasteiger partial charge in [0.15, 0.2) is 0 Å². The molecule has 0 spiro atoms. The summed E-state index contributed by atoms with van der Waals surface area (Å²) in [5.74, 6) is 0.0996. The highest BCUT2D eigenvalue weighted by atomic mass is 16.5. The first-order chi connectivity index (χ1) is 19.5. The molecule has 0 radical (unpaired) electrons. The lowest BCUT2D eigenvalue weighted by atomic mass is 9.86. The predicted octanol–water partition coefficient (Wildman–Crippen LogP) is 4.31. The molecule has 2 heterocycles. The Bertz CT molecular complexity index is 975. The smallest absolute Gasteiger partial charge is 0.293 e. The van der Waals surface area contributed by atoms with Crippen LogP contribution in [0.5, 0.6) is 0 Å². The van der Waals surface area contributed by atoms with E-state index in [-0.39, 0.29) is 53.8 Å². The van der Waals surface area contributed by atoms with Crippen LogP contribution in [-0.4, -0.2) is 73.6 Å². The van der Waals surface area contributed by atoms with Crippen molar-refractivity contribution in [3.05, 3.63) is 36.0 Å². The van der Waals surface area contributed by atoms with Gasteiger partial charge in [0.25, 0.3) is 6.47 Å². The number of nitrogens with one attached hydrogen (secondary N) is 2. The van der Waals surface area contributed by atoms with E-state index in [1.165, 1.54) is 12.5 Å². The van der Waals surface area contributed by atoms with Crippen molar-refractivity contribution in [2.75, 3.05) is 7.11 Å². The van der Waals surface area contributed by atoms with Gasteiger partial charge >= 0.3 is 0 Å². The van der Waals surface area contributed by atoms with Crippen LogP contribution in [0.2, 0.25) is 0 Å². The molecule has 3 aliphatic rings. The molecule has 0 aromatic heterocycles. The molecule has 2 saturated heterocycles. The highest BCUT2D eigenvalue weighted by Gasteiger charge is 2.38. The lowest BCUT2D eigenvalue weighted by Crippen LogP contribution is -2.50. The van der Waals surface area contributed by atoms with Crippen molar-refractivity contribution in [3.8, 4) is 0 Å². The van der Waals surface area contributed by atoms with Gasteiger partial charge in [-0.1, -0.05) is 30.7 Å². The Morgan fingerprint density at radius 3 is 2.54 bits per heavy atom. The van der Waals surface area contributed by atoms with E-state index in [1.54, 1.807) is 20.1 Å². The van der Waals surface area contributed by atoms with E-state index in [0.29, 0.717) is 25.4 Å². The zero-order valence-corrected chi connectivity index (χ0v) is 25.6. The Kier molecular flexibility index (Phi) is 12.6. The van der Waals surface area contributed by atoms with Crippen molar-refractivity contribution in [3.63, 3.8) is 0 Å². The van der Waals surface area contributed by atoms with Crippen LogP contribution in [0.4, 0.5) is 0 Å². The maximum absolute atomic E-state index is 12.5. The van der Waals surface area contributed by atoms with Crippen LogP contribution in [0, 0.1) is 5.92 Å². The predicted molar refractivity (Wildman–Crippen MR) is 157 cm³/mol. The Balaban J connectivity index is 1.49. The van der Waals surface area contributed by atoms with Gasteiger partial charge in [-0.2, -0.15) is 0 Å². The average molecular weight is 575 g/mol. The zero-order chi connectivity index (χ0) is 30.0. The summed E-state index contributed by atoms with van der Waals surface area (Å²) in [6.45, 7) is 10.3. The number of hydrogen-bond donors (Lipinski definition) is 2. The first-order valence-corrected chi connectivity index (χ1v) is 15.1. The van der Waals surface area contributed by atoms with Gasteiger partial charge in [-0.15, -0.1) is 0 Å². The van der Waals surface area contributed by atoms with Crippen LogP contribution < -0.4 is 10.6 Å². The number of ether oxygens (including phenoxy) is 4. The molecule has 0 aromatic carbocycles. The van der Waals surface area contributed by atoms with Gasteiger partial charge in [-0.05, 0) is 71.8 Å². The highest BCUT2D eigenvalue weighted by Crippen LogP contribution is 2.34. The molecule has 0 aromatic rings. The third-order valence-corrected chi connectivity index (χ3v) is 8.61. The maximum atomic E-state index is 12.5. The van der Waals surface area contributed by atoms with Gasteiger partial charge in [0, 0.05) is 32.1 Å². The molecule has 8 atom stereocenters. The molecule has 1 saturated carbocycles. The fourth-order valence-electron chi connectivity index (χ4n) is 5.71. The van der Waals surface area contributed by atoms with Gasteiger partial charge in [0.05, 0.1) is 42.5 Å². The van der Waals surface area contributed by atoms with E-state index in [4.69, 9.17) is 18.9 Å². The number of hydrogen-bond acceptors (Lipinski definition) is 7. The maximum Gasteiger partial charge on any atom is 0.293 e. The standard InChI is InChI=1S/C32H50N2O7/c1-21(10-13-26-18-32(5,38-6)19-27(41-26)17-31(37)33-25-8-7-9-25)11-14-29-22(2)16-28(24(4)40-29)34-30(36)15-12-23(3)39-20-35/h10-13,15,20,22-29H,7-9,14,16-19H2,1-6H3,(H,33,37)(H,34,36)/b13-10+,15-12-,21-11+/t22?,23?,24?,26?,27-,28?,29?,32?/m1/s1. The van der Waals surface area contributed by atoms with Crippen LogP contribution >= 0.6 is 0 Å². The van der Waals surface area contributed by atoms with Gasteiger partial charge in [-0.3, -0.25) is 14.4 Å². The van der Waals surface area contributed by atoms with Crippen LogP contribution in [-0.2, 0) is 33.3 Å². The normalized spacial score (nSPS) is 33.8. The summed E-state index contributed by atoms with van der Waals surface area (Å²) in [4.78, 5) is 35.2. The Morgan fingerprint density at radius 1 is 1.12 bits per heavy atom. The highest BCUT2D eigenvalue weighted by molar-refractivity contribution is 5.87. The molecular formula is C32H50N2O7. The van der Waals surface area contributed by atoms with Gasteiger partial charge in [0.1, 0.15) is 6.10 Å². The number of rotatable bonds is 13. The van der Waals surface area contributed by atoms with E-state index in [9.17, 15) is 14.4 Å². The molecule has 2 amide bonds. The van der Waals surface area contributed by atoms with E-state index in [0.717, 1.165) is 37.7 Å². The fourth-order valence-corrected chi connectivity index (χ4v) is 5.71. The summed E-state index contributed by atoms with van der Waals surface area (Å²) in [6.07, 6.45) is 15.2. The second-order valence-electron chi connectivity index (χ2n) is 12.3. The first kappa shape index (κ1) is 33.0. The van der Waals surface area contributed by atoms with E-state index in [2.05, 4.69) is 49.6 Å². The van der Waals surface area contributed by atoms with Crippen LogP contribution in [0.25, 0.3) is 0 Å². The van der Waals surface area contributed by atoms with Crippen molar-refractivity contribution < 1.29 is 33.3 Å². The Labute approximate surface area is 245 Å². The monoisotopic (exact) mass is 574 g/mol. The first-order valence-electron chi connectivity index (χ1n) is 15.1. The summed E-state index contributed by atoms with van der Waals surface area (Å²) in [7, 11) is 1.73. The molecular weight excluding hydrogens is 524 g/mol. The fraction of sp³-hybridized carbons (Fsp3) is 0.719. The van der Waals surface area contributed by atoms with Crippen molar-refractivity contribution in [2.45, 2.75) is 134 Å². The molecule has 230 valence electrons. The van der Waals surface area contributed by atoms with Crippen molar-refractivity contribution in [2.24, 2.45) is 5.92 Å². The molecule has 3 fully saturated rings. The van der Waals surface area contributed by atoms with E-state index < -0.39 is 6.10 Å². The molecule has 41 heavy (non-hydrogen) atoms. The molecule has 7 unspecified atom stereocenters. The molecule has 9 nitrogen and oxygen atoms in total. The van der Waals surface area contributed by atoms with Crippen LogP contribution in [0.1, 0.15) is 86.0 Å². The topological polar surface area (TPSA) is 112 Å². The Hall–Kier alpha value is -2.49. The summed E-state index contributed by atoms with van der Waals surface area (Å²) in [5.41, 5.74) is 0.783. The van der Waals surface area contributed by atoms with Gasteiger partial charge < -0.3 is 29.6 Å². The molecule has 3 rings (SSSR count). The molecule has 2 N–H and O–H groups in total. The lowest BCUT2D eigenvalue weighted by Gasteiger charge is -2.41. The second kappa shape index (κ2) is 15.7. The summed E-state index contributed by atoms with van der Waals surface area (Å²) in [6, 6.07) is 0.237. The van der Waals surface area contributed by atoms with Gasteiger partial charge in [-0.25, -0.2) is 0 Å². The van der Waals surface area contributed by atoms with E-state index in [1.807, 2.05) is 6.92 Å². The van der Waals surface area contributed by atoms with Crippen LogP contribution in [0.15, 0.2) is 36.0 Å². The minimum Gasteiger partial charge on any atom is -0.461 e. The number of carbonyl (C=O) groups is 3. The quantitative estimate of drug-likeness (QED) is 0.192. The zero-order valence-electron chi connectivity index (χ0n) is 25.6. The van der Waals surface area contributed by atoms with Gasteiger partial charge in [0.2, 0.25) is 11.8 Å². The number of amides is 2. The second-order valence-corrected chi connectivity index (χ2v) is 12.3. The molecule has 9 heteroatoms. The van der Waals surface area contributed by atoms with Crippen molar-refractivity contribution >= 4 is 18.3 Å². The average Bonchev–Trinajstić information content (AvgIpc) is 2.89. The van der Waals surface area contributed by atoms with E-state index >= 15 is 0 Å². The third-order valence-electron chi connectivity index (χ3n) is 8.61. The molecule has 2 aliphatic heterocycles. The van der Waals surface area contributed by atoms with Crippen molar-refractivity contribution in [1.82, 2.24) is 10.6 Å². The number of methoxy groups -OCH3 is 1. The summed E-state index contributed by atoms with van der Waals surface area (Å²) >= 11 is 0. The molecule has 1 aliphatic carbocycles. The number of carbonyl (C=O) groups excluding carboxylic acids is 3. The summed E-state index contributed by atoms with van der Waals surface area (Å²) < 4.78 is 23.2. The SMILES string of the molecule is COC1(C)CC(/C=C/C(C)=C/CC2OC(C)C(NC(=O)/C=C\C(C)OC=O)CC2C)O[C@H](CC(=O)NC2CCC2)C1. The largest absolute Gasteiger partial charge is 0.461 e. The minimum absolute atomic E-state index is 0.0549. The Morgan fingerprint density at radius 2 is 1.88 bits per heavy atom. The summed E-state index contributed by atoms with van der Waals surface area (Å²) in [5, 5.41) is 6.13. The lowest BCUT2D eigenvalue weighted by molar-refractivity contribution is -0.147. The van der Waals surface area contributed by atoms with Crippen LogP contribution in [0.3, 0.4) is 0 Å². The number of allylic oxidation sites excluding steroid dienone is 2. The minimum atomic E-state index is -0.454. The van der Waals surface area contributed by atoms with Crippen molar-refractivity contribution in [1.29, 1.82) is 0 Å². The third kappa shape index (κ3) is 10.7.